The Kier molecular flexibility index (Phi) is 7.40. The second kappa shape index (κ2) is 10.2. The van der Waals surface area contributed by atoms with Crippen LogP contribution < -0.4 is 10.6 Å². The van der Waals surface area contributed by atoms with E-state index < -0.39 is 6.04 Å². The third kappa shape index (κ3) is 5.35. The molecular weight excluding hydrogens is 406 g/mol. The Morgan fingerprint density at radius 2 is 2.03 bits per heavy atom. The lowest BCUT2D eigenvalue weighted by molar-refractivity contribution is 0.0911. The first-order chi connectivity index (χ1) is 14.5. The smallest absolute Gasteiger partial charge is 0.268 e. The first-order valence-electron chi connectivity index (χ1n) is 9.59. The normalized spacial score (nSPS) is 12.9. The molecule has 0 radical (unpaired) electrons. The van der Waals surface area contributed by atoms with Gasteiger partial charge in [-0.05, 0) is 30.2 Å². The minimum absolute atomic E-state index is 0.00294. The summed E-state index contributed by atoms with van der Waals surface area (Å²) in [5.74, 6) is 0.230. The van der Waals surface area contributed by atoms with E-state index >= 15 is 0 Å². The Labute approximate surface area is 179 Å². The predicted octanol–water partition coefficient (Wildman–Crippen LogP) is 2.77. The quantitative estimate of drug-likeness (QED) is 0.356. The Bertz CT molecular complexity index is 990. The van der Waals surface area contributed by atoms with E-state index in [1.165, 1.54) is 6.33 Å². The van der Waals surface area contributed by atoms with Crippen molar-refractivity contribution in [1.82, 2.24) is 20.3 Å². The van der Waals surface area contributed by atoms with Crippen LogP contribution in [-0.4, -0.2) is 50.3 Å². The molecule has 2 atom stereocenters. The summed E-state index contributed by atoms with van der Waals surface area (Å²) in [6.07, 6.45) is 3.86. The van der Waals surface area contributed by atoms with E-state index in [4.69, 9.17) is 11.6 Å². The van der Waals surface area contributed by atoms with Gasteiger partial charge in [-0.2, -0.15) is 0 Å². The van der Waals surface area contributed by atoms with E-state index in [1.807, 2.05) is 6.92 Å². The summed E-state index contributed by atoms with van der Waals surface area (Å²) >= 11 is 6.00. The number of aromatic nitrogens is 3. The van der Waals surface area contributed by atoms with Crippen LogP contribution >= 0.6 is 11.6 Å². The molecule has 1 amide bonds. The maximum atomic E-state index is 12.6. The van der Waals surface area contributed by atoms with Gasteiger partial charge in [0.1, 0.15) is 17.8 Å². The fraction of sp³-hybridized carbons (Fsp3) is 0.286. The average Bonchev–Trinajstić information content (AvgIpc) is 3.26. The summed E-state index contributed by atoms with van der Waals surface area (Å²) in [5.41, 5.74) is 2.39. The molecule has 0 aliphatic rings. The number of hydrogen-bond donors (Lipinski definition) is 5. The fourth-order valence-electron chi connectivity index (χ4n) is 2.95. The number of nitrogens with zero attached hydrogens (tertiary/aromatic N) is 2. The van der Waals surface area contributed by atoms with Crippen molar-refractivity contribution < 1.29 is 15.0 Å². The summed E-state index contributed by atoms with van der Waals surface area (Å²) in [6, 6.07) is 9.74. The van der Waals surface area contributed by atoms with Gasteiger partial charge in [-0.25, -0.2) is 9.97 Å². The second-order valence-electron chi connectivity index (χ2n) is 6.79. The van der Waals surface area contributed by atoms with E-state index in [-0.39, 0.29) is 25.2 Å². The molecule has 9 heteroatoms. The average molecular weight is 430 g/mol. The maximum Gasteiger partial charge on any atom is 0.268 e. The molecule has 30 heavy (non-hydrogen) atoms. The molecule has 2 aromatic heterocycles. The molecule has 0 spiro atoms. The van der Waals surface area contributed by atoms with E-state index in [1.54, 1.807) is 42.6 Å². The third-order valence-corrected chi connectivity index (χ3v) is 4.93. The Morgan fingerprint density at radius 3 is 2.73 bits per heavy atom. The van der Waals surface area contributed by atoms with Crippen LogP contribution in [-0.2, 0) is 0 Å². The van der Waals surface area contributed by atoms with E-state index in [0.717, 1.165) is 6.42 Å². The topological polar surface area (TPSA) is 123 Å². The number of hydrogen-bond acceptors (Lipinski definition) is 6. The highest BCUT2D eigenvalue weighted by molar-refractivity contribution is 6.30. The maximum absolute atomic E-state index is 12.6. The van der Waals surface area contributed by atoms with Crippen molar-refractivity contribution in [3.05, 3.63) is 65.2 Å². The Hall–Kier alpha value is -2.94. The number of aliphatic hydroxyl groups excluding tert-OH is 2. The molecule has 3 rings (SSSR count). The van der Waals surface area contributed by atoms with Gasteiger partial charge in [0.05, 0.1) is 31.0 Å². The minimum Gasteiger partial charge on any atom is -0.394 e. The summed E-state index contributed by atoms with van der Waals surface area (Å²) in [6.45, 7) is 1.71. The number of anilines is 1. The molecule has 0 fully saturated rings. The molecular formula is C21H24ClN5O3. The minimum atomic E-state index is -0.581. The highest BCUT2D eigenvalue weighted by Gasteiger charge is 2.17. The van der Waals surface area contributed by atoms with E-state index in [0.29, 0.717) is 33.4 Å². The number of nitrogens with one attached hydrogen (secondary N) is 3. The monoisotopic (exact) mass is 429 g/mol. The van der Waals surface area contributed by atoms with Gasteiger partial charge in [-0.15, -0.1) is 0 Å². The zero-order valence-electron chi connectivity index (χ0n) is 16.5. The molecule has 8 nitrogen and oxygen atoms in total. The van der Waals surface area contributed by atoms with Crippen molar-refractivity contribution in [2.24, 2.45) is 0 Å². The number of benzene rings is 1. The molecule has 0 aliphatic carbocycles. The van der Waals surface area contributed by atoms with Crippen LogP contribution in [0.5, 0.6) is 0 Å². The van der Waals surface area contributed by atoms with Crippen molar-refractivity contribution in [3.8, 4) is 11.3 Å². The lowest BCUT2D eigenvalue weighted by Crippen LogP contribution is -2.31. The highest BCUT2D eigenvalue weighted by Crippen LogP contribution is 2.22. The first-order valence-corrected chi connectivity index (χ1v) is 9.97. The van der Waals surface area contributed by atoms with Gasteiger partial charge in [-0.1, -0.05) is 30.7 Å². The number of amides is 1. The summed E-state index contributed by atoms with van der Waals surface area (Å²) in [4.78, 5) is 24.0. The number of aliphatic hydroxyl groups is 2. The highest BCUT2D eigenvalue weighted by atomic mass is 35.5. The number of rotatable bonds is 9. The van der Waals surface area contributed by atoms with Crippen molar-refractivity contribution in [2.45, 2.75) is 25.4 Å². The number of H-pyrrole nitrogens is 1. The Balaban J connectivity index is 1.73. The van der Waals surface area contributed by atoms with Crippen molar-refractivity contribution >= 4 is 23.3 Å². The van der Waals surface area contributed by atoms with Crippen LogP contribution in [0.25, 0.3) is 11.3 Å². The van der Waals surface area contributed by atoms with Crippen LogP contribution in [0.15, 0.2) is 48.9 Å². The first kappa shape index (κ1) is 21.8. The van der Waals surface area contributed by atoms with Gasteiger partial charge in [-0.3, -0.25) is 4.79 Å². The standard InChI is InChI=1S/C21H24ClN5O3/c1-2-16(10-28)26-20-8-17(24-12-25-20)14-7-18(23-9-14)21(30)27-19(11-29)13-4-3-5-15(22)6-13/h3-9,12,16,19,23,28-29H,2,10-11H2,1H3,(H,27,30)(H,24,25,26)/t16-,19+/m0/s1. The molecule has 158 valence electrons. The second-order valence-corrected chi connectivity index (χ2v) is 7.22. The number of halogens is 1. The van der Waals surface area contributed by atoms with Crippen LogP contribution in [0.2, 0.25) is 5.02 Å². The number of carbonyl (C=O) groups excluding carboxylic acids is 1. The molecule has 0 aliphatic heterocycles. The molecule has 3 aromatic rings. The van der Waals surface area contributed by atoms with Crippen LogP contribution in [0.4, 0.5) is 5.82 Å². The van der Waals surface area contributed by atoms with Gasteiger partial charge in [0.25, 0.3) is 5.91 Å². The third-order valence-electron chi connectivity index (χ3n) is 4.69. The van der Waals surface area contributed by atoms with Crippen molar-refractivity contribution in [3.63, 3.8) is 0 Å². The fourth-order valence-corrected chi connectivity index (χ4v) is 3.15. The van der Waals surface area contributed by atoms with Crippen LogP contribution in [0.3, 0.4) is 0 Å². The lowest BCUT2D eigenvalue weighted by atomic mass is 10.1. The van der Waals surface area contributed by atoms with Crippen LogP contribution in [0.1, 0.15) is 35.4 Å². The van der Waals surface area contributed by atoms with Gasteiger partial charge in [0.15, 0.2) is 0 Å². The number of aromatic amines is 1. The zero-order valence-corrected chi connectivity index (χ0v) is 17.2. The SMILES string of the molecule is CC[C@@H](CO)Nc1cc(-c2c[nH]c(C(=O)N[C@H](CO)c3cccc(Cl)c3)c2)ncn1. The van der Waals surface area contributed by atoms with Gasteiger partial charge in [0, 0.05) is 22.8 Å². The predicted molar refractivity (Wildman–Crippen MR) is 115 cm³/mol. The van der Waals surface area contributed by atoms with Gasteiger partial charge >= 0.3 is 0 Å². The summed E-state index contributed by atoms with van der Waals surface area (Å²) in [7, 11) is 0. The van der Waals surface area contributed by atoms with Crippen molar-refractivity contribution in [2.75, 3.05) is 18.5 Å². The van der Waals surface area contributed by atoms with E-state index in [2.05, 4.69) is 25.6 Å². The molecule has 0 bridgehead atoms. The van der Waals surface area contributed by atoms with Gasteiger partial charge < -0.3 is 25.8 Å². The summed E-state index contributed by atoms with van der Waals surface area (Å²) < 4.78 is 0. The molecule has 5 N–H and O–H groups in total. The molecule has 0 saturated carbocycles. The molecule has 0 saturated heterocycles. The van der Waals surface area contributed by atoms with Crippen molar-refractivity contribution in [1.29, 1.82) is 0 Å². The Morgan fingerprint density at radius 1 is 1.20 bits per heavy atom. The number of carbonyl (C=O) groups is 1. The van der Waals surface area contributed by atoms with Crippen LogP contribution in [0, 0.1) is 0 Å². The molecule has 0 unspecified atom stereocenters. The largest absolute Gasteiger partial charge is 0.394 e. The summed E-state index contributed by atoms with van der Waals surface area (Å²) in [5, 5.41) is 25.5. The lowest BCUT2D eigenvalue weighted by Gasteiger charge is -2.16. The molecule has 1 aromatic carbocycles. The molecule has 2 heterocycles. The van der Waals surface area contributed by atoms with Gasteiger partial charge in [0.2, 0.25) is 0 Å². The zero-order chi connectivity index (χ0) is 21.5. The van der Waals surface area contributed by atoms with E-state index in [9.17, 15) is 15.0 Å².